The monoisotopic (exact) mass is 423 g/mol. The van der Waals surface area contributed by atoms with E-state index in [1.165, 1.54) is 12.5 Å². The minimum atomic E-state index is -1.50. The Morgan fingerprint density at radius 1 is 1.23 bits per heavy atom. The van der Waals surface area contributed by atoms with E-state index < -0.39 is 54.8 Å². The Balaban J connectivity index is 1.93. The SMILES string of the molecule is NC(=O)CC(NC(=O)CNC(=O)C(Cc1cnc[nH]1)NC(=O)C1CCCN1)C(=O)O. The number of nitrogens with zero attached hydrogens (tertiary/aromatic N) is 1. The summed E-state index contributed by atoms with van der Waals surface area (Å²) in [7, 11) is 0. The third kappa shape index (κ3) is 7.16. The minimum Gasteiger partial charge on any atom is -0.480 e. The number of carboxylic acid groups (broad SMARTS) is 1. The summed E-state index contributed by atoms with van der Waals surface area (Å²) in [5.41, 5.74) is 5.56. The molecular formula is C17H25N7O6. The van der Waals surface area contributed by atoms with Crippen molar-refractivity contribution in [2.45, 2.75) is 43.8 Å². The second-order valence-corrected chi connectivity index (χ2v) is 6.84. The first-order chi connectivity index (χ1) is 14.3. The number of H-pyrrole nitrogens is 1. The molecule has 0 radical (unpaired) electrons. The van der Waals surface area contributed by atoms with Gasteiger partial charge in [0.05, 0.1) is 25.3 Å². The van der Waals surface area contributed by atoms with Crippen molar-refractivity contribution in [3.63, 3.8) is 0 Å². The van der Waals surface area contributed by atoms with Crippen molar-refractivity contribution in [1.82, 2.24) is 31.2 Å². The normalized spacial score (nSPS) is 17.5. The Kier molecular flexibility index (Phi) is 8.29. The van der Waals surface area contributed by atoms with E-state index in [1.807, 2.05) is 0 Å². The first-order valence-electron chi connectivity index (χ1n) is 9.35. The molecule has 1 aromatic rings. The first kappa shape index (κ1) is 22.8. The summed E-state index contributed by atoms with van der Waals surface area (Å²) in [5.74, 6) is -4.10. The summed E-state index contributed by atoms with van der Waals surface area (Å²) in [6.45, 7) is 0.171. The molecule has 0 bridgehead atoms. The van der Waals surface area contributed by atoms with Crippen LogP contribution in [-0.2, 0) is 30.4 Å². The number of aromatic amines is 1. The van der Waals surface area contributed by atoms with Gasteiger partial charge >= 0.3 is 5.97 Å². The third-order valence-electron chi connectivity index (χ3n) is 4.45. The van der Waals surface area contributed by atoms with Crippen LogP contribution in [0, 0.1) is 0 Å². The smallest absolute Gasteiger partial charge is 0.326 e. The molecule has 1 aliphatic rings. The Bertz CT molecular complexity index is 776. The molecule has 13 heteroatoms. The van der Waals surface area contributed by atoms with E-state index in [4.69, 9.17) is 10.8 Å². The third-order valence-corrected chi connectivity index (χ3v) is 4.45. The van der Waals surface area contributed by atoms with Crippen LogP contribution in [0.2, 0.25) is 0 Å². The minimum absolute atomic E-state index is 0.116. The van der Waals surface area contributed by atoms with Crippen molar-refractivity contribution < 1.29 is 29.1 Å². The van der Waals surface area contributed by atoms with Gasteiger partial charge in [-0.15, -0.1) is 0 Å². The van der Waals surface area contributed by atoms with Gasteiger partial charge < -0.3 is 37.1 Å². The number of aromatic nitrogens is 2. The van der Waals surface area contributed by atoms with Crippen molar-refractivity contribution in [3.05, 3.63) is 18.2 Å². The number of amides is 4. The van der Waals surface area contributed by atoms with Gasteiger partial charge in [-0.2, -0.15) is 0 Å². The largest absolute Gasteiger partial charge is 0.480 e. The molecule has 0 aromatic carbocycles. The van der Waals surface area contributed by atoms with Crippen molar-refractivity contribution in [2.24, 2.45) is 5.73 Å². The number of nitrogens with two attached hydrogens (primary N) is 1. The molecule has 3 unspecified atom stereocenters. The standard InChI is InChI=1S/C17H25N7O6/c18-13(25)5-12(17(29)30)23-14(26)7-21-15(27)11(4-9-6-19-8-22-9)24-16(28)10-2-1-3-20-10/h6,8,10-12,20H,1-5,7H2,(H2,18,25)(H,19,22)(H,21,27)(H,23,26)(H,24,28)(H,29,30). The predicted molar refractivity (Wildman–Crippen MR) is 102 cm³/mol. The molecule has 2 heterocycles. The quantitative estimate of drug-likeness (QED) is 0.192. The highest BCUT2D eigenvalue weighted by Gasteiger charge is 2.28. The second kappa shape index (κ2) is 10.9. The Morgan fingerprint density at radius 2 is 2.00 bits per heavy atom. The summed E-state index contributed by atoms with van der Waals surface area (Å²) in [6.07, 6.45) is 3.99. The van der Waals surface area contributed by atoms with Crippen LogP contribution in [0.3, 0.4) is 0 Å². The topological polar surface area (TPSA) is 208 Å². The average molecular weight is 423 g/mol. The molecule has 1 saturated heterocycles. The number of imidazole rings is 1. The van der Waals surface area contributed by atoms with Gasteiger partial charge in [0.15, 0.2) is 0 Å². The summed E-state index contributed by atoms with van der Waals surface area (Å²) in [5, 5.41) is 19.2. The van der Waals surface area contributed by atoms with Crippen LogP contribution >= 0.6 is 0 Å². The maximum atomic E-state index is 12.6. The first-order valence-corrected chi connectivity index (χ1v) is 9.35. The van der Waals surface area contributed by atoms with Crippen LogP contribution in [0.25, 0.3) is 0 Å². The molecule has 1 aliphatic heterocycles. The average Bonchev–Trinajstić information content (AvgIpc) is 3.38. The second-order valence-electron chi connectivity index (χ2n) is 6.84. The Morgan fingerprint density at radius 3 is 2.57 bits per heavy atom. The van der Waals surface area contributed by atoms with Crippen molar-refractivity contribution >= 4 is 29.6 Å². The molecule has 8 N–H and O–H groups in total. The van der Waals surface area contributed by atoms with Gasteiger partial charge in [-0.25, -0.2) is 9.78 Å². The van der Waals surface area contributed by atoms with Gasteiger partial charge in [-0.3, -0.25) is 19.2 Å². The molecule has 1 aromatic heterocycles. The lowest BCUT2D eigenvalue weighted by Gasteiger charge is -2.20. The molecule has 2 rings (SSSR count). The number of nitrogens with one attached hydrogen (secondary N) is 5. The molecule has 13 nitrogen and oxygen atoms in total. The summed E-state index contributed by atoms with van der Waals surface area (Å²) in [4.78, 5) is 65.6. The van der Waals surface area contributed by atoms with Crippen LogP contribution < -0.4 is 27.0 Å². The van der Waals surface area contributed by atoms with E-state index in [1.54, 1.807) is 0 Å². The highest BCUT2D eigenvalue weighted by molar-refractivity contribution is 5.93. The van der Waals surface area contributed by atoms with E-state index in [2.05, 4.69) is 31.2 Å². The van der Waals surface area contributed by atoms with Crippen LogP contribution in [0.5, 0.6) is 0 Å². The Hall–Kier alpha value is -3.48. The lowest BCUT2D eigenvalue weighted by Crippen LogP contribution is -2.54. The molecule has 0 spiro atoms. The molecule has 1 fully saturated rings. The number of hydrogen-bond donors (Lipinski definition) is 7. The highest BCUT2D eigenvalue weighted by Crippen LogP contribution is 2.06. The Labute approximate surface area is 171 Å². The maximum absolute atomic E-state index is 12.6. The lowest BCUT2D eigenvalue weighted by molar-refractivity contribution is -0.143. The van der Waals surface area contributed by atoms with E-state index in [9.17, 15) is 24.0 Å². The number of aliphatic carboxylic acids is 1. The number of carboxylic acids is 1. The molecular weight excluding hydrogens is 398 g/mol. The molecule has 164 valence electrons. The van der Waals surface area contributed by atoms with E-state index in [0.29, 0.717) is 18.7 Å². The van der Waals surface area contributed by atoms with Crippen LogP contribution in [0.1, 0.15) is 25.0 Å². The number of carbonyl (C=O) groups is 5. The van der Waals surface area contributed by atoms with Crippen molar-refractivity contribution in [1.29, 1.82) is 0 Å². The van der Waals surface area contributed by atoms with Crippen LogP contribution in [0.4, 0.5) is 0 Å². The fourth-order valence-corrected chi connectivity index (χ4v) is 2.94. The summed E-state index contributed by atoms with van der Waals surface area (Å²) in [6, 6.07) is -2.87. The summed E-state index contributed by atoms with van der Waals surface area (Å²) >= 11 is 0. The van der Waals surface area contributed by atoms with Gasteiger partial charge in [-0.1, -0.05) is 0 Å². The zero-order valence-electron chi connectivity index (χ0n) is 16.1. The molecule has 0 saturated carbocycles. The van der Waals surface area contributed by atoms with E-state index in [0.717, 1.165) is 6.42 Å². The van der Waals surface area contributed by atoms with Gasteiger partial charge in [0.25, 0.3) is 0 Å². The number of hydrogen-bond acceptors (Lipinski definition) is 7. The highest BCUT2D eigenvalue weighted by atomic mass is 16.4. The number of primary amides is 1. The van der Waals surface area contributed by atoms with E-state index >= 15 is 0 Å². The van der Waals surface area contributed by atoms with Crippen LogP contribution in [0.15, 0.2) is 12.5 Å². The van der Waals surface area contributed by atoms with Crippen LogP contribution in [-0.4, -0.2) is 75.9 Å². The molecule has 3 atom stereocenters. The fraction of sp³-hybridized carbons (Fsp3) is 0.529. The molecule has 30 heavy (non-hydrogen) atoms. The number of rotatable bonds is 11. The fourth-order valence-electron chi connectivity index (χ4n) is 2.94. The van der Waals surface area contributed by atoms with Crippen molar-refractivity contribution in [3.8, 4) is 0 Å². The molecule has 0 aliphatic carbocycles. The maximum Gasteiger partial charge on any atom is 0.326 e. The van der Waals surface area contributed by atoms with Gasteiger partial charge in [-0.05, 0) is 19.4 Å². The lowest BCUT2D eigenvalue weighted by atomic mass is 10.1. The van der Waals surface area contributed by atoms with Gasteiger partial charge in [0.1, 0.15) is 12.1 Å². The van der Waals surface area contributed by atoms with Gasteiger partial charge in [0, 0.05) is 18.3 Å². The van der Waals surface area contributed by atoms with E-state index in [-0.39, 0.29) is 12.3 Å². The molecule has 4 amide bonds. The zero-order valence-corrected chi connectivity index (χ0v) is 16.1. The summed E-state index contributed by atoms with van der Waals surface area (Å²) < 4.78 is 0. The van der Waals surface area contributed by atoms with Crippen molar-refractivity contribution in [2.75, 3.05) is 13.1 Å². The number of carbonyl (C=O) groups excluding carboxylic acids is 4. The zero-order chi connectivity index (χ0) is 22.1. The van der Waals surface area contributed by atoms with Gasteiger partial charge in [0.2, 0.25) is 23.6 Å². The predicted octanol–water partition coefficient (Wildman–Crippen LogP) is -3.25.